The van der Waals surface area contributed by atoms with Crippen LogP contribution in [-0.4, -0.2) is 48.4 Å². The Morgan fingerprint density at radius 3 is 2.50 bits per heavy atom. The number of benzene rings is 3. The number of hydrazine groups is 1. The SMILES string of the molecule is [N-]=[N+]=NCc1ccccc1[C@@H]1OC(c2ccc(OCCCO)cc2)=N[C@]1(Cc1ccccc1)C(=O)NNCC(F)(F)F. The number of aliphatic hydroxyl groups is 1. The summed E-state index contributed by atoms with van der Waals surface area (Å²) in [6.07, 6.45) is -5.21. The molecular formula is C29H29F3N6O4. The van der Waals surface area contributed by atoms with Crippen molar-refractivity contribution < 1.29 is 32.5 Å². The molecule has 0 radical (unpaired) electrons. The van der Waals surface area contributed by atoms with Gasteiger partial charge in [-0.15, -0.1) is 0 Å². The first-order valence-corrected chi connectivity index (χ1v) is 13.1. The smallest absolute Gasteiger partial charge is 0.402 e. The Morgan fingerprint density at radius 1 is 1.10 bits per heavy atom. The molecule has 42 heavy (non-hydrogen) atoms. The van der Waals surface area contributed by atoms with E-state index in [1.54, 1.807) is 78.9 Å². The lowest BCUT2D eigenvalue weighted by Gasteiger charge is -2.32. The molecule has 0 saturated heterocycles. The molecule has 2 atom stereocenters. The van der Waals surface area contributed by atoms with Crippen LogP contribution in [0.1, 0.15) is 34.8 Å². The van der Waals surface area contributed by atoms with Gasteiger partial charge in [0, 0.05) is 29.9 Å². The van der Waals surface area contributed by atoms with Crippen molar-refractivity contribution in [1.29, 1.82) is 0 Å². The summed E-state index contributed by atoms with van der Waals surface area (Å²) in [6, 6.07) is 22.6. The van der Waals surface area contributed by atoms with Crippen LogP contribution in [0, 0.1) is 0 Å². The van der Waals surface area contributed by atoms with E-state index < -0.39 is 30.3 Å². The Kier molecular flexibility index (Phi) is 10.0. The predicted octanol–water partition coefficient (Wildman–Crippen LogP) is 4.94. The van der Waals surface area contributed by atoms with Crippen LogP contribution in [0.3, 0.4) is 0 Å². The van der Waals surface area contributed by atoms with Gasteiger partial charge < -0.3 is 14.6 Å². The summed E-state index contributed by atoms with van der Waals surface area (Å²) in [7, 11) is 0. The highest BCUT2D eigenvalue weighted by atomic mass is 19.4. The molecular weight excluding hydrogens is 553 g/mol. The van der Waals surface area contributed by atoms with Crippen molar-refractivity contribution in [3.05, 3.63) is 112 Å². The maximum absolute atomic E-state index is 13.9. The van der Waals surface area contributed by atoms with Crippen molar-refractivity contribution in [2.75, 3.05) is 19.8 Å². The molecule has 13 heteroatoms. The van der Waals surface area contributed by atoms with Crippen LogP contribution in [0.5, 0.6) is 5.75 Å². The molecule has 1 aliphatic heterocycles. The molecule has 3 aromatic rings. The summed E-state index contributed by atoms with van der Waals surface area (Å²) >= 11 is 0. The molecule has 0 bridgehead atoms. The number of amides is 1. The lowest BCUT2D eigenvalue weighted by atomic mass is 9.81. The van der Waals surface area contributed by atoms with Gasteiger partial charge in [-0.1, -0.05) is 59.7 Å². The quantitative estimate of drug-likeness (QED) is 0.0861. The zero-order valence-electron chi connectivity index (χ0n) is 22.4. The van der Waals surface area contributed by atoms with E-state index >= 15 is 0 Å². The third kappa shape index (κ3) is 7.58. The van der Waals surface area contributed by atoms with Gasteiger partial charge in [0.2, 0.25) is 5.90 Å². The van der Waals surface area contributed by atoms with Gasteiger partial charge in [0.15, 0.2) is 11.6 Å². The van der Waals surface area contributed by atoms with Crippen LogP contribution in [0.25, 0.3) is 10.4 Å². The third-order valence-corrected chi connectivity index (χ3v) is 6.48. The molecule has 10 nitrogen and oxygen atoms in total. The van der Waals surface area contributed by atoms with Crippen molar-refractivity contribution >= 4 is 11.8 Å². The Hall–Kier alpha value is -4.58. The Morgan fingerprint density at radius 2 is 1.81 bits per heavy atom. The summed E-state index contributed by atoms with van der Waals surface area (Å²) in [6.45, 7) is -1.18. The fraction of sp³-hybridized carbons (Fsp3) is 0.310. The normalized spacial score (nSPS) is 18.0. The van der Waals surface area contributed by atoms with Gasteiger partial charge >= 0.3 is 6.18 Å². The van der Waals surface area contributed by atoms with E-state index in [9.17, 15) is 18.0 Å². The number of aliphatic hydroxyl groups excluding tert-OH is 1. The molecule has 1 amide bonds. The van der Waals surface area contributed by atoms with Gasteiger partial charge in [-0.05, 0) is 46.5 Å². The lowest BCUT2D eigenvalue weighted by Crippen LogP contribution is -2.55. The predicted molar refractivity (Wildman–Crippen MR) is 148 cm³/mol. The minimum Gasteiger partial charge on any atom is -0.494 e. The molecule has 3 N–H and O–H groups in total. The monoisotopic (exact) mass is 582 g/mol. The Labute approximate surface area is 239 Å². The number of alkyl halides is 3. The van der Waals surface area contributed by atoms with E-state index in [0.29, 0.717) is 41.0 Å². The molecule has 1 aliphatic rings. The number of nitrogens with zero attached hydrogens (tertiary/aromatic N) is 4. The van der Waals surface area contributed by atoms with Crippen LogP contribution in [-0.2, 0) is 22.5 Å². The van der Waals surface area contributed by atoms with Gasteiger partial charge in [0.05, 0.1) is 13.2 Å². The summed E-state index contributed by atoms with van der Waals surface area (Å²) in [5.74, 6) is -0.188. The fourth-order valence-electron chi connectivity index (χ4n) is 4.54. The van der Waals surface area contributed by atoms with Gasteiger partial charge in [0.25, 0.3) is 5.91 Å². The van der Waals surface area contributed by atoms with Crippen molar-refractivity contribution in [3.63, 3.8) is 0 Å². The minimum absolute atomic E-state index is 0.00530. The standard InChI is InChI=1S/C29H29F3N6O4/c30-29(31,32)19-35-37-27(40)28(17-20-7-2-1-3-8-20)25(24-10-5-4-9-22(24)18-34-38-33)42-26(36-28)21-11-13-23(14-12-21)41-16-6-15-39/h1-5,7-14,25,35,39H,6,15-19H2,(H,37,40)/t25-,28-/m0/s1. The van der Waals surface area contributed by atoms with Gasteiger partial charge in [-0.3, -0.25) is 10.2 Å². The molecule has 0 saturated carbocycles. The highest BCUT2D eigenvalue weighted by Gasteiger charge is 2.54. The molecule has 0 aliphatic carbocycles. The molecule has 3 aromatic carbocycles. The first-order valence-electron chi connectivity index (χ1n) is 13.1. The van der Waals surface area contributed by atoms with E-state index in [0.717, 1.165) is 0 Å². The Bertz CT molecular complexity index is 1430. The first kappa shape index (κ1) is 30.4. The number of carbonyl (C=O) groups is 1. The molecule has 220 valence electrons. The zero-order valence-corrected chi connectivity index (χ0v) is 22.4. The second kappa shape index (κ2) is 13.9. The number of halogens is 3. The highest BCUT2D eigenvalue weighted by molar-refractivity contribution is 6.01. The van der Waals surface area contributed by atoms with Gasteiger partial charge in [0.1, 0.15) is 12.3 Å². The van der Waals surface area contributed by atoms with E-state index in [1.807, 2.05) is 5.43 Å². The summed E-state index contributed by atoms with van der Waals surface area (Å²) in [5, 5.41) is 12.6. The van der Waals surface area contributed by atoms with Crippen molar-refractivity contribution in [2.24, 2.45) is 10.1 Å². The highest BCUT2D eigenvalue weighted by Crippen LogP contribution is 2.43. The lowest BCUT2D eigenvalue weighted by molar-refractivity contribution is -0.136. The van der Waals surface area contributed by atoms with E-state index in [4.69, 9.17) is 25.1 Å². The number of carbonyl (C=O) groups excluding carboxylic acids is 1. The van der Waals surface area contributed by atoms with Crippen LogP contribution in [0.2, 0.25) is 0 Å². The van der Waals surface area contributed by atoms with Crippen molar-refractivity contribution in [3.8, 4) is 5.75 Å². The van der Waals surface area contributed by atoms with Crippen LogP contribution in [0.4, 0.5) is 13.2 Å². The fourth-order valence-corrected chi connectivity index (χ4v) is 4.54. The number of azide groups is 1. The first-order chi connectivity index (χ1) is 20.3. The number of aliphatic imine (C=N–C) groups is 1. The minimum atomic E-state index is -4.57. The molecule has 0 fully saturated rings. The van der Waals surface area contributed by atoms with Gasteiger partial charge in [-0.2, -0.15) is 13.2 Å². The number of hydrogen-bond donors (Lipinski definition) is 3. The Balaban J connectivity index is 1.80. The maximum atomic E-state index is 13.9. The van der Waals surface area contributed by atoms with Crippen molar-refractivity contribution in [2.45, 2.75) is 37.2 Å². The largest absolute Gasteiger partial charge is 0.494 e. The van der Waals surface area contributed by atoms with Crippen LogP contribution >= 0.6 is 0 Å². The summed E-state index contributed by atoms with van der Waals surface area (Å²) in [5.41, 5.74) is 13.6. The second-order valence-corrected chi connectivity index (χ2v) is 9.46. The average Bonchev–Trinajstić information content (AvgIpc) is 3.36. The third-order valence-electron chi connectivity index (χ3n) is 6.48. The zero-order chi connectivity index (χ0) is 30.0. The maximum Gasteiger partial charge on any atom is 0.402 e. The topological polar surface area (TPSA) is 141 Å². The molecule has 0 unspecified atom stereocenters. The number of ether oxygens (including phenoxy) is 2. The number of hydrogen-bond acceptors (Lipinski definition) is 7. The number of rotatable bonds is 13. The molecule has 0 spiro atoms. The van der Waals surface area contributed by atoms with E-state index in [1.165, 1.54) is 0 Å². The second-order valence-electron chi connectivity index (χ2n) is 9.46. The molecule has 1 heterocycles. The summed E-state index contributed by atoms with van der Waals surface area (Å²) < 4.78 is 50.7. The van der Waals surface area contributed by atoms with Crippen molar-refractivity contribution in [1.82, 2.24) is 10.9 Å². The average molecular weight is 583 g/mol. The van der Waals surface area contributed by atoms with E-state index in [2.05, 4.69) is 15.5 Å². The van der Waals surface area contributed by atoms with E-state index in [-0.39, 0.29) is 25.5 Å². The van der Waals surface area contributed by atoms with Crippen LogP contribution < -0.4 is 15.6 Å². The summed E-state index contributed by atoms with van der Waals surface area (Å²) in [4.78, 5) is 21.5. The van der Waals surface area contributed by atoms with Crippen LogP contribution in [0.15, 0.2) is 89.0 Å². The molecule has 0 aromatic heterocycles. The van der Waals surface area contributed by atoms with Gasteiger partial charge in [-0.25, -0.2) is 10.4 Å². The number of nitrogens with one attached hydrogen (secondary N) is 2. The molecule has 4 rings (SSSR count).